The maximum absolute atomic E-state index is 4.80. The lowest BCUT2D eigenvalue weighted by molar-refractivity contribution is 1.08. The predicted octanol–water partition coefficient (Wildman–Crippen LogP) is 11.7. The molecule has 0 saturated carbocycles. The molecule has 0 bridgehead atoms. The SMILES string of the molecule is c1ccc(N(c2ccccc2)c2ccc(-c3ccc4c(c3)c3ccc5c(ccn5-c5ccccc5)c3n4-c3cnc(-c4cccnc4)nc3)cc2)cc1. The first-order chi connectivity index (χ1) is 26.3. The number of benzene rings is 6. The number of pyridine rings is 1. The molecule has 0 atom stereocenters. The Hall–Kier alpha value is -7.31. The molecule has 4 heterocycles. The number of nitrogens with zero attached hydrogens (tertiary/aromatic N) is 6. The highest BCUT2D eigenvalue weighted by Crippen LogP contribution is 2.40. The van der Waals surface area contributed by atoms with Crippen molar-refractivity contribution < 1.29 is 0 Å². The molecule has 0 radical (unpaired) electrons. The molecule has 0 N–H and O–H groups in total. The molecule has 0 fully saturated rings. The molecule has 10 rings (SSSR count). The number of fused-ring (bicyclic) bond motifs is 5. The minimum atomic E-state index is 0.645. The number of para-hydroxylation sites is 3. The highest BCUT2D eigenvalue weighted by Gasteiger charge is 2.19. The van der Waals surface area contributed by atoms with Crippen molar-refractivity contribution in [1.82, 2.24) is 24.1 Å². The molecule has 0 spiro atoms. The average Bonchev–Trinajstić information content (AvgIpc) is 3.82. The lowest BCUT2D eigenvalue weighted by Crippen LogP contribution is -2.09. The van der Waals surface area contributed by atoms with Crippen molar-refractivity contribution in [3.8, 4) is 33.9 Å². The van der Waals surface area contributed by atoms with Crippen LogP contribution >= 0.6 is 0 Å². The summed E-state index contributed by atoms with van der Waals surface area (Å²) in [5, 5.41) is 3.50. The van der Waals surface area contributed by atoms with Crippen molar-refractivity contribution in [3.05, 3.63) is 195 Å². The Kier molecular flexibility index (Phi) is 7.36. The molecule has 0 saturated heterocycles. The van der Waals surface area contributed by atoms with Crippen LogP contribution in [-0.2, 0) is 0 Å². The van der Waals surface area contributed by atoms with Gasteiger partial charge in [0, 0.05) is 63.1 Å². The molecule has 0 aliphatic heterocycles. The van der Waals surface area contributed by atoms with E-state index in [2.05, 4.69) is 171 Å². The Morgan fingerprint density at radius 3 is 1.75 bits per heavy atom. The van der Waals surface area contributed by atoms with Crippen LogP contribution in [0.2, 0.25) is 0 Å². The topological polar surface area (TPSA) is 51.8 Å². The lowest BCUT2D eigenvalue weighted by Gasteiger charge is -2.25. The van der Waals surface area contributed by atoms with Gasteiger partial charge in [-0.15, -0.1) is 0 Å². The number of rotatable bonds is 7. The van der Waals surface area contributed by atoms with Gasteiger partial charge >= 0.3 is 0 Å². The van der Waals surface area contributed by atoms with E-state index in [-0.39, 0.29) is 0 Å². The van der Waals surface area contributed by atoms with Crippen molar-refractivity contribution in [2.24, 2.45) is 0 Å². The fraction of sp³-hybridized carbons (Fsp3) is 0. The minimum Gasteiger partial charge on any atom is -0.316 e. The summed E-state index contributed by atoms with van der Waals surface area (Å²) in [5.74, 6) is 0.645. The lowest BCUT2D eigenvalue weighted by atomic mass is 10.0. The summed E-state index contributed by atoms with van der Waals surface area (Å²) in [6, 6.07) is 57.7. The fourth-order valence-electron chi connectivity index (χ4n) is 7.47. The van der Waals surface area contributed by atoms with Gasteiger partial charge < -0.3 is 14.0 Å². The van der Waals surface area contributed by atoms with Gasteiger partial charge in [0.25, 0.3) is 0 Å². The second kappa shape index (κ2) is 12.8. The maximum atomic E-state index is 4.80. The summed E-state index contributed by atoms with van der Waals surface area (Å²) in [6.45, 7) is 0. The van der Waals surface area contributed by atoms with Gasteiger partial charge in [0.15, 0.2) is 5.82 Å². The number of hydrogen-bond acceptors (Lipinski definition) is 4. The molecule has 10 aromatic rings. The second-order valence-corrected chi connectivity index (χ2v) is 13.0. The smallest absolute Gasteiger partial charge is 0.160 e. The maximum Gasteiger partial charge on any atom is 0.160 e. The van der Waals surface area contributed by atoms with Crippen molar-refractivity contribution in [3.63, 3.8) is 0 Å². The largest absolute Gasteiger partial charge is 0.316 e. The Balaban J connectivity index is 1.12. The van der Waals surface area contributed by atoms with Gasteiger partial charge in [-0.25, -0.2) is 9.97 Å². The summed E-state index contributed by atoms with van der Waals surface area (Å²) >= 11 is 0. The zero-order valence-electron chi connectivity index (χ0n) is 28.7. The molecule has 250 valence electrons. The van der Waals surface area contributed by atoms with Gasteiger partial charge in [-0.3, -0.25) is 4.98 Å². The van der Waals surface area contributed by atoms with Gasteiger partial charge in [-0.2, -0.15) is 0 Å². The van der Waals surface area contributed by atoms with Crippen molar-refractivity contribution in [2.45, 2.75) is 0 Å². The minimum absolute atomic E-state index is 0.645. The summed E-state index contributed by atoms with van der Waals surface area (Å²) < 4.78 is 4.56. The van der Waals surface area contributed by atoms with Gasteiger partial charge in [-0.05, 0) is 96.1 Å². The van der Waals surface area contributed by atoms with Crippen LogP contribution in [-0.4, -0.2) is 24.1 Å². The van der Waals surface area contributed by atoms with Crippen LogP contribution in [0, 0.1) is 0 Å². The van der Waals surface area contributed by atoms with Gasteiger partial charge in [0.05, 0.1) is 34.6 Å². The summed E-state index contributed by atoms with van der Waals surface area (Å²) in [7, 11) is 0. The molecule has 0 aliphatic rings. The molecule has 4 aromatic heterocycles. The molecule has 0 unspecified atom stereocenters. The molecule has 6 aromatic carbocycles. The fourth-order valence-corrected chi connectivity index (χ4v) is 7.47. The highest BCUT2D eigenvalue weighted by molar-refractivity contribution is 6.19. The Labute approximate surface area is 306 Å². The van der Waals surface area contributed by atoms with E-state index in [1.807, 2.05) is 30.6 Å². The molecule has 6 heteroatoms. The molecule has 53 heavy (non-hydrogen) atoms. The molecular formula is C47H32N6. The van der Waals surface area contributed by atoms with Crippen LogP contribution in [0.4, 0.5) is 17.1 Å². The third-order valence-corrected chi connectivity index (χ3v) is 9.93. The van der Waals surface area contributed by atoms with Crippen molar-refractivity contribution in [2.75, 3.05) is 4.90 Å². The van der Waals surface area contributed by atoms with E-state index in [4.69, 9.17) is 9.97 Å². The van der Waals surface area contributed by atoms with E-state index in [9.17, 15) is 0 Å². The van der Waals surface area contributed by atoms with E-state index in [1.165, 1.54) is 10.8 Å². The first-order valence-corrected chi connectivity index (χ1v) is 17.7. The van der Waals surface area contributed by atoms with E-state index >= 15 is 0 Å². The zero-order chi connectivity index (χ0) is 35.1. The van der Waals surface area contributed by atoms with Crippen LogP contribution in [0.5, 0.6) is 0 Å². The van der Waals surface area contributed by atoms with Crippen LogP contribution in [0.1, 0.15) is 0 Å². The number of aromatic nitrogens is 5. The van der Waals surface area contributed by atoms with Crippen LogP contribution in [0.25, 0.3) is 66.6 Å². The summed E-state index contributed by atoms with van der Waals surface area (Å²) in [4.78, 5) is 16.2. The number of anilines is 3. The summed E-state index contributed by atoms with van der Waals surface area (Å²) in [5.41, 5.74) is 11.9. The van der Waals surface area contributed by atoms with E-state index in [1.54, 1.807) is 12.4 Å². The van der Waals surface area contributed by atoms with Crippen molar-refractivity contribution >= 4 is 49.8 Å². The average molecular weight is 681 g/mol. The van der Waals surface area contributed by atoms with Crippen molar-refractivity contribution in [1.29, 1.82) is 0 Å². The van der Waals surface area contributed by atoms with Crippen LogP contribution in [0.15, 0.2) is 195 Å². The summed E-state index contributed by atoms with van der Waals surface area (Å²) in [6.07, 6.45) is 9.54. The molecular weight excluding hydrogens is 649 g/mol. The standard InChI is InChI=1S/C47H32N6/c1-4-12-36(13-5-1)51-28-26-42-44(51)25-23-41-43-29-34(20-24-45(43)53(46(41)42)40-31-49-47(50-32-40)35-11-10-27-48-30-35)33-18-21-39(22-19-33)52(37-14-6-2-7-15-37)38-16-8-3-9-17-38/h1-32H. The predicted molar refractivity (Wildman–Crippen MR) is 217 cm³/mol. The first-order valence-electron chi connectivity index (χ1n) is 17.7. The highest BCUT2D eigenvalue weighted by atomic mass is 15.1. The number of hydrogen-bond donors (Lipinski definition) is 0. The Bertz CT molecular complexity index is 2810. The van der Waals surface area contributed by atoms with Gasteiger partial charge in [-0.1, -0.05) is 78.9 Å². The van der Waals surface area contributed by atoms with E-state index in [0.717, 1.165) is 67.1 Å². The Morgan fingerprint density at radius 2 is 1.08 bits per heavy atom. The zero-order valence-corrected chi connectivity index (χ0v) is 28.7. The second-order valence-electron chi connectivity index (χ2n) is 13.0. The molecule has 0 amide bonds. The van der Waals surface area contributed by atoms with Gasteiger partial charge in [0.1, 0.15) is 0 Å². The quantitative estimate of drug-likeness (QED) is 0.168. The van der Waals surface area contributed by atoms with Crippen LogP contribution in [0.3, 0.4) is 0 Å². The third-order valence-electron chi connectivity index (χ3n) is 9.93. The first kappa shape index (κ1) is 30.5. The third kappa shape index (κ3) is 5.32. The Morgan fingerprint density at radius 1 is 0.434 bits per heavy atom. The monoisotopic (exact) mass is 680 g/mol. The van der Waals surface area contributed by atoms with E-state index in [0.29, 0.717) is 5.82 Å². The van der Waals surface area contributed by atoms with Gasteiger partial charge in [0.2, 0.25) is 0 Å². The molecule has 0 aliphatic carbocycles. The molecule has 6 nitrogen and oxygen atoms in total. The van der Waals surface area contributed by atoms with E-state index < -0.39 is 0 Å². The van der Waals surface area contributed by atoms with Crippen LogP contribution < -0.4 is 4.90 Å². The normalized spacial score (nSPS) is 11.4.